The van der Waals surface area contributed by atoms with Crippen molar-refractivity contribution in [1.29, 1.82) is 0 Å². The van der Waals surface area contributed by atoms with Crippen LogP contribution in [0.1, 0.15) is 201 Å². The summed E-state index contributed by atoms with van der Waals surface area (Å²) in [5.41, 5.74) is 34.9. The number of ether oxygens (including phenoxy) is 15. The lowest BCUT2D eigenvalue weighted by atomic mass is 9.95. The van der Waals surface area contributed by atoms with Crippen molar-refractivity contribution in [3.05, 3.63) is 65.5 Å². The number of nitrogens with zero attached hydrogens (tertiary/aromatic N) is 12. The van der Waals surface area contributed by atoms with E-state index in [-0.39, 0.29) is 169 Å². The highest BCUT2D eigenvalue weighted by molar-refractivity contribution is 14.1. The fourth-order valence-electron chi connectivity index (χ4n) is 13.1. The molecule has 0 aliphatic heterocycles. The number of hydrogen-bond donors (Lipinski definition) is 9. The molecule has 0 saturated heterocycles. The van der Waals surface area contributed by atoms with Crippen LogP contribution in [0, 0.1) is 21.0 Å². The number of nitrogens with one attached hydrogen (secondary N) is 1. The summed E-state index contributed by atoms with van der Waals surface area (Å²) < 4.78 is 124. The van der Waals surface area contributed by atoms with Crippen LogP contribution in [0.25, 0.3) is 65.4 Å². The van der Waals surface area contributed by atoms with Crippen LogP contribution in [-0.4, -0.2) is 177 Å². The van der Waals surface area contributed by atoms with Crippen molar-refractivity contribution < 1.29 is 123 Å². The number of halogens is 6. The van der Waals surface area contributed by atoms with Gasteiger partial charge in [0.25, 0.3) is 0 Å². The summed E-state index contributed by atoms with van der Waals surface area (Å²) in [6.45, 7) is 42.0. The fourth-order valence-corrected chi connectivity index (χ4v) is 14.9. The van der Waals surface area contributed by atoms with Gasteiger partial charge in [-0.2, -0.15) is 0 Å². The number of fused-ring (bicyclic) bond motifs is 6. The minimum absolute atomic E-state index is 0.0129. The monoisotopic (exact) mass is 2180 g/mol. The SMILES string of the molecule is COc1c(O)c(F)c2nc(C(C)(C)C)nc(N)c2c1NC(C)=O.COc1c(O)c(F)c2nc(C(C)(C)C)nc(N)c2c1OC(C)=O.COc1c(OC)c(OC(C)=O)c2c(N)nc(C(C)(C)C)nc2c1Br.COc1c(OC)c(OC(C)=O)c2c(N)nc(C(C)(C)C)nc2c1Cl.COc1c(OC)c(OC(C)=O)c2c(N)nc(C(C)(C)C)nc2c1F.COc1c(OC)c(OC(C)=O)c2c(N)nc(C(C)(C)C)nc2c1I. The normalized spacial score (nSPS) is 11.5. The van der Waals surface area contributed by atoms with Gasteiger partial charge in [0.15, 0.2) is 74.9 Å². The van der Waals surface area contributed by atoms with Crippen molar-refractivity contribution in [2.75, 3.05) is 111 Å². The van der Waals surface area contributed by atoms with Crippen LogP contribution in [-0.2, 0) is 61.3 Å². The van der Waals surface area contributed by atoms with Gasteiger partial charge in [0.1, 0.15) is 103 Å². The summed E-state index contributed by atoms with van der Waals surface area (Å²) in [5.74, 6) is -3.66. The second kappa shape index (κ2) is 44.8. The molecule has 0 unspecified atom stereocenters. The van der Waals surface area contributed by atoms with Crippen LogP contribution in [0.15, 0.2) is 4.47 Å². The Kier molecular flexibility index (Phi) is 36.2. The number of anilines is 7. The van der Waals surface area contributed by atoms with Crippen molar-refractivity contribution in [1.82, 2.24) is 59.8 Å². The zero-order valence-electron chi connectivity index (χ0n) is 85.1. The first kappa shape index (κ1) is 115. The van der Waals surface area contributed by atoms with Gasteiger partial charge in [-0.25, -0.2) is 73.0 Å². The Labute approximate surface area is 842 Å². The van der Waals surface area contributed by atoms with E-state index in [1.165, 1.54) is 106 Å². The number of carbonyl (C=O) groups is 6. The number of aromatic nitrogens is 12. The van der Waals surface area contributed by atoms with E-state index >= 15 is 0 Å². The fraction of sp³-hybridized carbons (Fsp3) is 0.426. The molecule has 12 aromatic rings. The molecule has 12 rings (SSSR count). The number of rotatable bonds is 16. The van der Waals surface area contributed by atoms with E-state index < -0.39 is 80.9 Å². The minimum atomic E-state index is -1.02. The topological polar surface area (TPSA) is 604 Å². The van der Waals surface area contributed by atoms with Crippen LogP contribution in [0.4, 0.5) is 53.8 Å². The number of amides is 1. The van der Waals surface area contributed by atoms with E-state index in [9.17, 15) is 52.2 Å². The standard InChI is InChI=1S/C16H20BrN3O4.C16H20ClN3O4.C16H20FN3O4.C16H20IN3O4.C15H19FN4O3.C15H18FN3O4/c4*1-7(21)24-11-8-10(9(17)12(22-5)13(11)23-6)19-15(16(2,3)4)20-14(8)18;1-6(21)18-10-7-9(8(16)11(22)12(10)23-5)19-14(15(2,3)4)20-13(7)17;1-6(20)23-11-7-9(8(16)10(21)12(11)22-5)18-14(15(2,3)4)19-13(7)17/h4*1-6H3,(H2,18,19,20);22H,1-5H3,(H,18,21)(H2,17,19,20);21H,1-5H3,(H2,17,18,19). The maximum absolute atomic E-state index is 14.9. The zero-order valence-corrected chi connectivity index (χ0v) is 89.6. The molecule has 0 radical (unpaired) electrons. The van der Waals surface area contributed by atoms with Gasteiger partial charge >= 0.3 is 29.8 Å². The third-order valence-electron chi connectivity index (χ3n) is 19.6. The number of phenolic OH excluding ortho intramolecular Hbond substituents is 2. The number of aromatic hydroxyl groups is 2. The molecule has 0 aliphatic rings. The summed E-state index contributed by atoms with van der Waals surface area (Å²) in [5, 5.41) is 23.9. The molecule has 0 spiro atoms. The first-order chi connectivity index (χ1) is 65.6. The van der Waals surface area contributed by atoms with E-state index in [1.54, 1.807) is 0 Å². The maximum Gasteiger partial charge on any atom is 0.308 e. The van der Waals surface area contributed by atoms with Gasteiger partial charge in [-0.05, 0) is 38.5 Å². The molecule has 0 saturated carbocycles. The molecule has 142 heavy (non-hydrogen) atoms. The molecule has 768 valence electrons. The molecule has 0 bridgehead atoms. The highest BCUT2D eigenvalue weighted by Gasteiger charge is 2.38. The van der Waals surface area contributed by atoms with Gasteiger partial charge < -0.3 is 121 Å². The van der Waals surface area contributed by atoms with Crippen LogP contribution < -0.4 is 111 Å². The molecule has 15 N–H and O–H groups in total. The number of carbonyl (C=O) groups excluding carboxylic acids is 6. The molecule has 48 heteroatoms. The van der Waals surface area contributed by atoms with Crippen molar-refractivity contribution in [2.45, 2.75) is 199 Å². The van der Waals surface area contributed by atoms with Gasteiger partial charge in [-0.3, -0.25) is 28.8 Å². The van der Waals surface area contributed by atoms with Gasteiger partial charge in [-0.1, -0.05) is 136 Å². The van der Waals surface area contributed by atoms with Crippen molar-refractivity contribution >= 4 is 192 Å². The molecular weight excluding hydrogens is 2060 g/mol. The average Bonchev–Trinajstić information content (AvgIpc) is 0.761. The highest BCUT2D eigenvalue weighted by atomic mass is 127. The molecule has 0 aliphatic carbocycles. The van der Waals surface area contributed by atoms with Crippen LogP contribution in [0.3, 0.4) is 0 Å². The predicted octanol–water partition coefficient (Wildman–Crippen LogP) is 16.6. The number of methoxy groups -OCH3 is 10. The second-order valence-corrected chi connectivity index (χ2v) is 39.3. The number of nitrogens with two attached hydrogens (primary N) is 6. The van der Waals surface area contributed by atoms with Crippen molar-refractivity contribution in [3.63, 3.8) is 0 Å². The third-order valence-corrected chi connectivity index (χ3v) is 21.7. The lowest BCUT2D eigenvalue weighted by Crippen LogP contribution is -2.18. The van der Waals surface area contributed by atoms with Crippen LogP contribution in [0.5, 0.6) is 97.7 Å². The number of hydrogen-bond acceptors (Lipinski definition) is 41. The average molecular weight is 2180 g/mol. The molecule has 1 amide bonds. The Bertz CT molecular complexity index is 6310. The zero-order chi connectivity index (χ0) is 108. The van der Waals surface area contributed by atoms with Gasteiger partial charge in [-0.15, -0.1) is 0 Å². The molecule has 0 atom stereocenters. The molecule has 6 aromatic heterocycles. The number of benzene rings is 6. The van der Waals surface area contributed by atoms with E-state index in [0.717, 1.165) is 6.92 Å². The van der Waals surface area contributed by atoms with E-state index in [4.69, 9.17) is 117 Å². The molecule has 6 aromatic carbocycles. The quantitative estimate of drug-likeness (QED) is 0.0246. The van der Waals surface area contributed by atoms with Crippen molar-refractivity contribution in [3.8, 4) is 97.7 Å². The summed E-state index contributed by atoms with van der Waals surface area (Å²) in [6.07, 6.45) is 0. The smallest absolute Gasteiger partial charge is 0.308 e. The third kappa shape index (κ3) is 24.7. The minimum Gasteiger partial charge on any atom is -0.502 e. The van der Waals surface area contributed by atoms with E-state index in [0.29, 0.717) is 87.2 Å². The van der Waals surface area contributed by atoms with E-state index in [1.807, 2.05) is 125 Å². The first-order valence-electron chi connectivity index (χ1n) is 42.6. The molecule has 0 fully saturated rings. The second-order valence-electron chi connectivity index (χ2n) is 37.0. The first-order valence-corrected chi connectivity index (χ1v) is 44.8. The van der Waals surface area contributed by atoms with Crippen LogP contribution >= 0.6 is 50.1 Å². The van der Waals surface area contributed by atoms with Gasteiger partial charge in [0, 0.05) is 74.0 Å². The summed E-state index contributed by atoms with van der Waals surface area (Å²) in [6, 6.07) is 0. The largest absolute Gasteiger partial charge is 0.502 e. The van der Waals surface area contributed by atoms with Crippen LogP contribution in [0.2, 0.25) is 5.02 Å². The highest BCUT2D eigenvalue weighted by Crippen LogP contribution is 2.56. The number of esters is 5. The van der Waals surface area contributed by atoms with E-state index in [2.05, 4.69) is 104 Å². The Morgan fingerprint density at radius 2 is 0.514 bits per heavy atom. The Hall–Kier alpha value is -14.1. The van der Waals surface area contributed by atoms with Gasteiger partial charge in [0.2, 0.25) is 46.2 Å². The Morgan fingerprint density at radius 1 is 0.296 bits per heavy atom. The lowest BCUT2D eigenvalue weighted by molar-refractivity contribution is -0.132. The summed E-state index contributed by atoms with van der Waals surface area (Å²) in [7, 11) is 13.8. The van der Waals surface area contributed by atoms with Crippen molar-refractivity contribution in [2.24, 2.45) is 0 Å². The van der Waals surface area contributed by atoms with Gasteiger partial charge in [0.05, 0.1) is 122 Å². The summed E-state index contributed by atoms with van der Waals surface area (Å²) >= 11 is 12.0. The lowest BCUT2D eigenvalue weighted by Gasteiger charge is -2.21. The molecule has 42 nitrogen and oxygen atoms in total. The molecular formula is C94H117BrClF3IN19O23. The Morgan fingerprint density at radius 3 is 0.803 bits per heavy atom. The maximum atomic E-state index is 14.9. The predicted molar refractivity (Wildman–Crippen MR) is 541 cm³/mol. The summed E-state index contributed by atoms with van der Waals surface area (Å²) in [4.78, 5) is 121. The number of nitrogen functional groups attached to an aromatic ring is 6. The number of phenols is 2. The Balaban J connectivity index is 0.000000231. The molecule has 6 heterocycles.